The van der Waals surface area contributed by atoms with Crippen LogP contribution >= 0.6 is 23.2 Å². The van der Waals surface area contributed by atoms with E-state index >= 15 is 0 Å². The van der Waals surface area contributed by atoms with Gasteiger partial charge in [-0.3, -0.25) is 4.79 Å². The van der Waals surface area contributed by atoms with E-state index in [9.17, 15) is 4.79 Å². The van der Waals surface area contributed by atoms with Gasteiger partial charge in [0.15, 0.2) is 0 Å². The normalized spacial score (nSPS) is 10.2. The number of amides is 1. The molecule has 0 spiro atoms. The fraction of sp³-hybridized carbons (Fsp3) is 0.250. The van der Waals surface area contributed by atoms with Crippen LogP contribution in [0.25, 0.3) is 0 Å². The Morgan fingerprint density at radius 3 is 2.72 bits per heavy atom. The summed E-state index contributed by atoms with van der Waals surface area (Å²) in [4.78, 5) is 13.6. The molecule has 1 amide bonds. The number of halogens is 2. The molecule has 18 heavy (non-hydrogen) atoms. The maximum atomic E-state index is 12.2. The number of hydrogen-bond donors (Lipinski definition) is 2. The molecule has 0 saturated heterocycles. The molecule has 1 rings (SSSR count). The number of carbonyl (C=O) groups excluding carboxylic acids is 1. The Kier molecular flexibility index (Phi) is 5.47. The third-order valence-electron chi connectivity index (χ3n) is 2.29. The fourth-order valence-corrected chi connectivity index (χ4v) is 1.91. The largest absolute Gasteiger partial charge is 0.399 e. The summed E-state index contributed by atoms with van der Waals surface area (Å²) in [5, 5.41) is 9.31. The van der Waals surface area contributed by atoms with E-state index in [4.69, 9.17) is 34.0 Å². The van der Waals surface area contributed by atoms with Crippen molar-refractivity contribution in [3.63, 3.8) is 0 Å². The molecular formula is C12H14Cl2N2O2. The van der Waals surface area contributed by atoms with Crippen molar-refractivity contribution in [3.05, 3.63) is 40.4 Å². The van der Waals surface area contributed by atoms with Gasteiger partial charge in [-0.1, -0.05) is 29.3 Å². The standard InChI is InChI=1S/C12H14Cl2N2O2/c1-2-3-16(4-5-17)12(18)9-6-8(15)7-10(13)11(9)14/h2,6-7,17H,1,3-5,15H2. The summed E-state index contributed by atoms with van der Waals surface area (Å²) >= 11 is 11.9. The summed E-state index contributed by atoms with van der Waals surface area (Å²) in [7, 11) is 0. The fourth-order valence-electron chi connectivity index (χ4n) is 1.49. The molecular weight excluding hydrogens is 275 g/mol. The lowest BCUT2D eigenvalue weighted by molar-refractivity contribution is 0.0743. The number of hydrogen-bond acceptors (Lipinski definition) is 3. The second kappa shape index (κ2) is 6.64. The summed E-state index contributed by atoms with van der Waals surface area (Å²) in [5.41, 5.74) is 6.21. The van der Waals surface area contributed by atoms with Crippen LogP contribution in [0.15, 0.2) is 24.8 Å². The van der Waals surface area contributed by atoms with Gasteiger partial charge in [0.1, 0.15) is 0 Å². The van der Waals surface area contributed by atoms with Crippen molar-refractivity contribution >= 4 is 34.8 Å². The van der Waals surface area contributed by atoms with E-state index in [2.05, 4.69) is 6.58 Å². The maximum absolute atomic E-state index is 12.2. The van der Waals surface area contributed by atoms with E-state index in [0.717, 1.165) is 0 Å². The lowest BCUT2D eigenvalue weighted by Gasteiger charge is -2.21. The molecule has 4 nitrogen and oxygen atoms in total. The molecule has 0 fully saturated rings. The van der Waals surface area contributed by atoms with Crippen LogP contribution in [-0.2, 0) is 0 Å². The number of aliphatic hydroxyl groups is 1. The molecule has 0 aliphatic heterocycles. The monoisotopic (exact) mass is 288 g/mol. The van der Waals surface area contributed by atoms with Gasteiger partial charge in [0, 0.05) is 18.8 Å². The summed E-state index contributed by atoms with van der Waals surface area (Å²) in [6.45, 7) is 3.91. The van der Waals surface area contributed by atoms with Gasteiger partial charge < -0.3 is 15.7 Å². The van der Waals surface area contributed by atoms with Crippen LogP contribution in [0.3, 0.4) is 0 Å². The van der Waals surface area contributed by atoms with Crippen molar-refractivity contribution in [2.45, 2.75) is 0 Å². The number of nitrogen functional groups attached to an aromatic ring is 1. The van der Waals surface area contributed by atoms with Gasteiger partial charge >= 0.3 is 0 Å². The van der Waals surface area contributed by atoms with Crippen LogP contribution in [0, 0.1) is 0 Å². The molecule has 0 heterocycles. The molecule has 6 heteroatoms. The molecule has 0 aromatic heterocycles. The molecule has 98 valence electrons. The number of carbonyl (C=O) groups is 1. The van der Waals surface area contributed by atoms with Crippen molar-refractivity contribution in [2.24, 2.45) is 0 Å². The Morgan fingerprint density at radius 2 is 2.17 bits per heavy atom. The highest BCUT2D eigenvalue weighted by molar-refractivity contribution is 6.44. The van der Waals surface area contributed by atoms with E-state index in [1.54, 1.807) is 6.08 Å². The van der Waals surface area contributed by atoms with Gasteiger partial charge in [0.05, 0.1) is 22.2 Å². The quantitative estimate of drug-likeness (QED) is 0.645. The number of nitrogens with zero attached hydrogens (tertiary/aromatic N) is 1. The third-order valence-corrected chi connectivity index (χ3v) is 3.09. The molecule has 1 aromatic rings. The molecule has 0 bridgehead atoms. The Bertz CT molecular complexity index is 464. The van der Waals surface area contributed by atoms with Gasteiger partial charge in [0.2, 0.25) is 0 Å². The molecule has 1 aromatic carbocycles. The summed E-state index contributed by atoms with van der Waals surface area (Å²) in [5.74, 6) is -0.344. The topological polar surface area (TPSA) is 66.6 Å². The SMILES string of the molecule is C=CCN(CCO)C(=O)c1cc(N)cc(Cl)c1Cl. The molecule has 0 radical (unpaired) electrons. The summed E-state index contributed by atoms with van der Waals surface area (Å²) in [6, 6.07) is 2.94. The van der Waals surface area contributed by atoms with Gasteiger partial charge in [-0.25, -0.2) is 0 Å². The van der Waals surface area contributed by atoms with Gasteiger partial charge in [0.25, 0.3) is 5.91 Å². The third kappa shape index (κ3) is 3.38. The predicted molar refractivity (Wildman–Crippen MR) is 74.1 cm³/mol. The van der Waals surface area contributed by atoms with E-state index in [-0.39, 0.29) is 34.7 Å². The van der Waals surface area contributed by atoms with Crippen LogP contribution in [0.2, 0.25) is 10.0 Å². The number of benzene rings is 1. The molecule has 3 N–H and O–H groups in total. The number of aliphatic hydroxyl groups excluding tert-OH is 1. The number of anilines is 1. The average molecular weight is 289 g/mol. The smallest absolute Gasteiger partial charge is 0.255 e. The number of rotatable bonds is 5. The van der Waals surface area contributed by atoms with E-state index in [0.29, 0.717) is 12.2 Å². The van der Waals surface area contributed by atoms with E-state index in [1.807, 2.05) is 0 Å². The molecule has 0 unspecified atom stereocenters. The first kappa shape index (κ1) is 14.8. The lowest BCUT2D eigenvalue weighted by atomic mass is 10.1. The minimum absolute atomic E-state index is 0.146. The van der Waals surface area contributed by atoms with E-state index in [1.165, 1.54) is 17.0 Å². The molecule has 0 saturated carbocycles. The highest BCUT2D eigenvalue weighted by Gasteiger charge is 2.19. The van der Waals surface area contributed by atoms with Crippen LogP contribution < -0.4 is 5.73 Å². The molecule has 0 aliphatic carbocycles. The number of nitrogens with two attached hydrogens (primary N) is 1. The Balaban J connectivity index is 3.11. The van der Waals surface area contributed by atoms with Gasteiger partial charge in [-0.05, 0) is 12.1 Å². The van der Waals surface area contributed by atoms with Crippen molar-refractivity contribution in [1.82, 2.24) is 4.90 Å². The maximum Gasteiger partial charge on any atom is 0.255 e. The first-order valence-corrected chi connectivity index (χ1v) is 6.02. The highest BCUT2D eigenvalue weighted by Crippen LogP contribution is 2.29. The average Bonchev–Trinajstić information content (AvgIpc) is 2.32. The summed E-state index contributed by atoms with van der Waals surface area (Å²) < 4.78 is 0. The summed E-state index contributed by atoms with van der Waals surface area (Å²) in [6.07, 6.45) is 1.56. The van der Waals surface area contributed by atoms with Crippen molar-refractivity contribution < 1.29 is 9.90 Å². The van der Waals surface area contributed by atoms with Gasteiger partial charge in [-0.15, -0.1) is 6.58 Å². The lowest BCUT2D eigenvalue weighted by Crippen LogP contribution is -2.34. The minimum Gasteiger partial charge on any atom is -0.399 e. The second-order valence-electron chi connectivity index (χ2n) is 3.63. The zero-order valence-electron chi connectivity index (χ0n) is 9.70. The van der Waals surface area contributed by atoms with Crippen LogP contribution in [-0.4, -0.2) is 35.6 Å². The predicted octanol–water partition coefficient (Wildman–Crippen LogP) is 2.20. The molecule has 0 aliphatic rings. The first-order valence-electron chi connectivity index (χ1n) is 5.26. The Morgan fingerprint density at radius 1 is 1.50 bits per heavy atom. The van der Waals surface area contributed by atoms with Crippen molar-refractivity contribution in [2.75, 3.05) is 25.4 Å². The Hall–Kier alpha value is -1.23. The highest BCUT2D eigenvalue weighted by atomic mass is 35.5. The van der Waals surface area contributed by atoms with E-state index < -0.39 is 0 Å². The van der Waals surface area contributed by atoms with Crippen LogP contribution in [0.1, 0.15) is 10.4 Å². The molecule has 0 atom stereocenters. The zero-order chi connectivity index (χ0) is 13.7. The van der Waals surface area contributed by atoms with Crippen LogP contribution in [0.4, 0.5) is 5.69 Å². The van der Waals surface area contributed by atoms with Crippen molar-refractivity contribution in [1.29, 1.82) is 0 Å². The van der Waals surface area contributed by atoms with Crippen molar-refractivity contribution in [3.8, 4) is 0 Å². The van der Waals surface area contributed by atoms with Gasteiger partial charge in [-0.2, -0.15) is 0 Å². The minimum atomic E-state index is -0.344. The Labute approximate surface area is 116 Å². The first-order chi connectivity index (χ1) is 8.51. The van der Waals surface area contributed by atoms with Crippen LogP contribution in [0.5, 0.6) is 0 Å². The second-order valence-corrected chi connectivity index (χ2v) is 4.41. The zero-order valence-corrected chi connectivity index (χ0v) is 11.2.